The Kier molecular flexibility index (Phi) is 1.67. The van der Waals surface area contributed by atoms with Crippen LogP contribution < -0.4 is 0 Å². The number of hydrogen-bond donors (Lipinski definition) is 1. The van der Waals surface area contributed by atoms with E-state index in [-0.39, 0.29) is 0 Å². The molecule has 1 N–H and O–H groups in total. The summed E-state index contributed by atoms with van der Waals surface area (Å²) in [6.07, 6.45) is 2.53. The molecule has 0 saturated heterocycles. The van der Waals surface area contributed by atoms with Gasteiger partial charge in [0, 0.05) is 6.42 Å². The van der Waals surface area contributed by atoms with Crippen LogP contribution in [0, 0.1) is 0 Å². The summed E-state index contributed by atoms with van der Waals surface area (Å²) in [5, 5.41) is 8.86. The van der Waals surface area contributed by atoms with Gasteiger partial charge in [0.15, 0.2) is 0 Å². The third kappa shape index (κ3) is 1.39. The molecular weight excluding hydrogens is 119 g/mol. The van der Waals surface area contributed by atoms with Gasteiger partial charge >= 0.3 is 0 Å². The van der Waals surface area contributed by atoms with Gasteiger partial charge in [0.1, 0.15) is 11.9 Å². The van der Waals surface area contributed by atoms with Gasteiger partial charge in [-0.15, -0.1) is 0 Å². The molecule has 0 aliphatic heterocycles. The van der Waals surface area contributed by atoms with Crippen molar-refractivity contribution in [2.45, 2.75) is 19.4 Å². The Bertz CT molecular complexity index is 170. The lowest BCUT2D eigenvalue weighted by atomic mass is 10.0. The monoisotopic (exact) mass is 128 g/mol. The fraction of sp³-hybridized carbons (Fsp3) is 0.429. The Morgan fingerprint density at radius 1 is 1.67 bits per heavy atom. The predicted molar refractivity (Wildman–Crippen MR) is 33.6 cm³/mol. The lowest BCUT2D eigenvalue weighted by molar-refractivity contribution is 0.180. The maximum atomic E-state index is 12.3. The number of rotatable bonds is 0. The smallest absolute Gasteiger partial charge is 0.129 e. The largest absolute Gasteiger partial charge is 0.386 e. The van der Waals surface area contributed by atoms with Crippen molar-refractivity contribution in [2.75, 3.05) is 0 Å². The van der Waals surface area contributed by atoms with E-state index in [0.717, 1.165) is 5.57 Å². The van der Waals surface area contributed by atoms with Crippen molar-refractivity contribution in [2.24, 2.45) is 0 Å². The minimum absolute atomic E-state index is 0.430. The topological polar surface area (TPSA) is 20.2 Å². The number of aliphatic hydroxyl groups is 1. The summed E-state index contributed by atoms with van der Waals surface area (Å²) in [7, 11) is 0. The van der Waals surface area contributed by atoms with Gasteiger partial charge in [0.2, 0.25) is 0 Å². The highest BCUT2D eigenvalue weighted by molar-refractivity contribution is 5.22. The van der Waals surface area contributed by atoms with E-state index < -0.39 is 11.9 Å². The lowest BCUT2D eigenvalue weighted by Gasteiger charge is -2.11. The fourth-order valence-corrected chi connectivity index (χ4v) is 0.803. The van der Waals surface area contributed by atoms with Crippen LogP contribution in [-0.4, -0.2) is 11.2 Å². The molecule has 1 rings (SSSR count). The van der Waals surface area contributed by atoms with E-state index in [4.69, 9.17) is 5.11 Å². The molecule has 0 spiro atoms. The third-order valence-electron chi connectivity index (χ3n) is 1.36. The molecule has 0 heterocycles. The van der Waals surface area contributed by atoms with Crippen molar-refractivity contribution < 1.29 is 9.50 Å². The molecule has 50 valence electrons. The van der Waals surface area contributed by atoms with Crippen LogP contribution in [0.5, 0.6) is 0 Å². The van der Waals surface area contributed by atoms with E-state index in [1.54, 1.807) is 6.08 Å². The van der Waals surface area contributed by atoms with Gasteiger partial charge in [0.25, 0.3) is 0 Å². The predicted octanol–water partition coefficient (Wildman–Crippen LogP) is 1.55. The maximum Gasteiger partial charge on any atom is 0.129 e. The molecule has 2 heteroatoms. The average molecular weight is 128 g/mol. The molecular formula is C7H9FO. The van der Waals surface area contributed by atoms with Gasteiger partial charge in [-0.1, -0.05) is 11.6 Å². The molecule has 0 aromatic heterocycles. The van der Waals surface area contributed by atoms with Gasteiger partial charge < -0.3 is 5.11 Å². The molecule has 0 bridgehead atoms. The molecule has 9 heavy (non-hydrogen) atoms. The molecule has 1 aliphatic carbocycles. The second kappa shape index (κ2) is 2.31. The van der Waals surface area contributed by atoms with E-state index in [0.29, 0.717) is 6.42 Å². The van der Waals surface area contributed by atoms with Crippen LogP contribution in [0.25, 0.3) is 0 Å². The maximum absolute atomic E-state index is 12.3. The van der Waals surface area contributed by atoms with Crippen LogP contribution in [0.15, 0.2) is 23.6 Å². The molecule has 0 radical (unpaired) electrons. The van der Waals surface area contributed by atoms with E-state index in [1.165, 1.54) is 6.08 Å². The molecule has 0 aromatic rings. The number of halogens is 1. The standard InChI is InChI=1S/C7H9FO/c1-5-2-3-6(8)7(9)4-5/h2-3,7,9H,4H2,1H3. The van der Waals surface area contributed by atoms with Crippen LogP contribution in [0.1, 0.15) is 13.3 Å². The highest BCUT2D eigenvalue weighted by Crippen LogP contribution is 2.18. The third-order valence-corrected chi connectivity index (χ3v) is 1.36. The SMILES string of the molecule is CC1=CC=C(F)C(O)C1. The zero-order chi connectivity index (χ0) is 6.85. The second-order valence-corrected chi connectivity index (χ2v) is 2.28. The van der Waals surface area contributed by atoms with Crippen LogP contribution >= 0.6 is 0 Å². The van der Waals surface area contributed by atoms with Crippen molar-refractivity contribution in [3.05, 3.63) is 23.6 Å². The first-order chi connectivity index (χ1) is 4.20. The molecule has 1 unspecified atom stereocenters. The number of aliphatic hydroxyl groups excluding tert-OH is 1. The summed E-state index contributed by atoms with van der Waals surface area (Å²) in [5.74, 6) is -0.430. The van der Waals surface area contributed by atoms with Gasteiger partial charge in [-0.3, -0.25) is 0 Å². The van der Waals surface area contributed by atoms with Crippen molar-refractivity contribution in [3.8, 4) is 0 Å². The summed E-state index contributed by atoms with van der Waals surface area (Å²) in [4.78, 5) is 0. The van der Waals surface area contributed by atoms with Crippen molar-refractivity contribution in [1.29, 1.82) is 0 Å². The van der Waals surface area contributed by atoms with Crippen LogP contribution in [0.3, 0.4) is 0 Å². The van der Waals surface area contributed by atoms with E-state index in [9.17, 15) is 4.39 Å². The quantitative estimate of drug-likeness (QED) is 0.524. The Morgan fingerprint density at radius 3 is 2.78 bits per heavy atom. The van der Waals surface area contributed by atoms with Crippen molar-refractivity contribution in [3.63, 3.8) is 0 Å². The minimum atomic E-state index is -0.894. The summed E-state index contributed by atoms with van der Waals surface area (Å²) in [6, 6.07) is 0. The number of allylic oxidation sites excluding steroid dienone is 2. The van der Waals surface area contributed by atoms with Crippen LogP contribution in [0.2, 0.25) is 0 Å². The highest BCUT2D eigenvalue weighted by atomic mass is 19.1. The Morgan fingerprint density at radius 2 is 2.33 bits per heavy atom. The van der Waals surface area contributed by atoms with Crippen LogP contribution in [0.4, 0.5) is 4.39 Å². The fourth-order valence-electron chi connectivity index (χ4n) is 0.803. The molecule has 0 amide bonds. The summed E-state index contributed by atoms with van der Waals surface area (Å²) >= 11 is 0. The summed E-state index contributed by atoms with van der Waals surface area (Å²) < 4.78 is 12.3. The Balaban J connectivity index is 2.74. The van der Waals surface area contributed by atoms with E-state index in [2.05, 4.69) is 0 Å². The first kappa shape index (κ1) is 6.49. The normalized spacial score (nSPS) is 27.2. The summed E-state index contributed by atoms with van der Waals surface area (Å²) in [5.41, 5.74) is 1.02. The average Bonchev–Trinajstić information content (AvgIpc) is 1.80. The van der Waals surface area contributed by atoms with Gasteiger partial charge in [-0.05, 0) is 13.0 Å². The van der Waals surface area contributed by atoms with Gasteiger partial charge in [0.05, 0.1) is 0 Å². The zero-order valence-electron chi connectivity index (χ0n) is 5.26. The van der Waals surface area contributed by atoms with Crippen LogP contribution in [-0.2, 0) is 0 Å². The van der Waals surface area contributed by atoms with Gasteiger partial charge in [-0.25, -0.2) is 4.39 Å². The Labute approximate surface area is 53.5 Å². The lowest BCUT2D eigenvalue weighted by Crippen LogP contribution is -2.09. The van der Waals surface area contributed by atoms with E-state index >= 15 is 0 Å². The van der Waals surface area contributed by atoms with Crippen molar-refractivity contribution >= 4 is 0 Å². The van der Waals surface area contributed by atoms with E-state index in [1.807, 2.05) is 6.92 Å². The molecule has 1 atom stereocenters. The molecule has 0 fully saturated rings. The molecule has 0 saturated carbocycles. The zero-order valence-corrected chi connectivity index (χ0v) is 5.26. The molecule has 1 nitrogen and oxygen atoms in total. The summed E-state index contributed by atoms with van der Waals surface area (Å²) in [6.45, 7) is 1.87. The minimum Gasteiger partial charge on any atom is -0.386 e. The highest BCUT2D eigenvalue weighted by Gasteiger charge is 2.13. The van der Waals surface area contributed by atoms with Crippen molar-refractivity contribution in [1.82, 2.24) is 0 Å². The Hall–Kier alpha value is -0.630. The molecule has 1 aliphatic rings. The first-order valence-electron chi connectivity index (χ1n) is 2.91. The first-order valence-corrected chi connectivity index (χ1v) is 2.91. The van der Waals surface area contributed by atoms with Gasteiger partial charge in [-0.2, -0.15) is 0 Å². The molecule has 0 aromatic carbocycles. The second-order valence-electron chi connectivity index (χ2n) is 2.28. The number of hydrogen-bond acceptors (Lipinski definition) is 1.